The predicted octanol–water partition coefficient (Wildman–Crippen LogP) is 3.51. The summed E-state index contributed by atoms with van der Waals surface area (Å²) in [5, 5.41) is 1.27. The Bertz CT molecular complexity index is 974. The van der Waals surface area contributed by atoms with Crippen molar-refractivity contribution in [2.45, 2.75) is 20.4 Å². The molecule has 0 amide bonds. The average molecular weight is 354 g/mol. The zero-order chi connectivity index (χ0) is 18.7. The van der Waals surface area contributed by atoms with Crippen LogP contribution in [0.25, 0.3) is 21.8 Å². The Morgan fingerprint density at radius 3 is 2.27 bits per heavy atom. The summed E-state index contributed by atoms with van der Waals surface area (Å²) in [6, 6.07) is 11.4. The maximum atomic E-state index is 13.2. The largest absolute Gasteiger partial charge is 0.496 e. The lowest BCUT2D eigenvalue weighted by molar-refractivity contribution is 0.293. The Morgan fingerprint density at radius 1 is 0.962 bits per heavy atom. The van der Waals surface area contributed by atoms with Crippen molar-refractivity contribution in [3.05, 3.63) is 46.6 Å². The van der Waals surface area contributed by atoms with E-state index in [4.69, 9.17) is 9.47 Å². The molecule has 138 valence electrons. The fraction of sp³-hybridized carbons (Fsp3) is 0.381. The molecule has 3 aromatic rings. The molecule has 0 unspecified atom stereocenters. The molecule has 1 aromatic heterocycles. The predicted molar refractivity (Wildman–Crippen MR) is 107 cm³/mol. The van der Waals surface area contributed by atoms with Gasteiger partial charge in [0, 0.05) is 18.5 Å². The summed E-state index contributed by atoms with van der Waals surface area (Å²) in [5.41, 5.74) is 1.69. The molecule has 0 spiro atoms. The third kappa shape index (κ3) is 3.03. The summed E-state index contributed by atoms with van der Waals surface area (Å²) < 4.78 is 13.3. The summed E-state index contributed by atoms with van der Waals surface area (Å²) in [4.78, 5) is 15.5. The van der Waals surface area contributed by atoms with Crippen LogP contribution in [0.4, 0.5) is 0 Å². The molecule has 0 aliphatic rings. The molecule has 5 nitrogen and oxygen atoms in total. The molecule has 26 heavy (non-hydrogen) atoms. The molecule has 0 N–H and O–H groups in total. The van der Waals surface area contributed by atoms with E-state index in [1.54, 1.807) is 20.3 Å². The molecular weight excluding hydrogens is 328 g/mol. The maximum absolute atomic E-state index is 13.2. The van der Waals surface area contributed by atoms with Gasteiger partial charge in [0.1, 0.15) is 11.5 Å². The second kappa shape index (κ2) is 7.79. The average Bonchev–Trinajstić information content (AvgIpc) is 2.69. The molecule has 0 aliphatic heterocycles. The van der Waals surface area contributed by atoms with Gasteiger partial charge in [-0.1, -0.05) is 26.0 Å². The minimum atomic E-state index is -0.0227. The van der Waals surface area contributed by atoms with E-state index in [1.165, 1.54) is 0 Å². The van der Waals surface area contributed by atoms with E-state index in [9.17, 15) is 4.79 Å². The molecule has 0 aliphatic carbocycles. The van der Waals surface area contributed by atoms with Crippen molar-refractivity contribution >= 4 is 21.8 Å². The highest BCUT2D eigenvalue weighted by Crippen LogP contribution is 2.33. The number of aromatic nitrogens is 1. The van der Waals surface area contributed by atoms with Gasteiger partial charge in [0.2, 0.25) is 5.43 Å². The van der Waals surface area contributed by atoms with Gasteiger partial charge in [0.25, 0.3) is 0 Å². The lowest BCUT2D eigenvalue weighted by Gasteiger charge is -2.22. The van der Waals surface area contributed by atoms with Crippen LogP contribution >= 0.6 is 0 Å². The second-order valence-electron chi connectivity index (χ2n) is 6.22. The number of pyridine rings is 1. The highest BCUT2D eigenvalue weighted by molar-refractivity contribution is 5.99. The summed E-state index contributed by atoms with van der Waals surface area (Å²) in [6.45, 7) is 7.97. The van der Waals surface area contributed by atoms with E-state index < -0.39 is 0 Å². The molecule has 2 aromatic carbocycles. The third-order valence-electron chi connectivity index (χ3n) is 5.01. The molecule has 1 heterocycles. The SMILES string of the molecule is CCN(CC)CCn1c2ccccc2c(=O)c2c(OC)ccc(OC)c21. The van der Waals surface area contributed by atoms with E-state index in [2.05, 4.69) is 23.3 Å². The zero-order valence-corrected chi connectivity index (χ0v) is 15.9. The number of benzene rings is 2. The van der Waals surface area contributed by atoms with Gasteiger partial charge in [-0.2, -0.15) is 0 Å². The van der Waals surface area contributed by atoms with Gasteiger partial charge < -0.3 is 18.9 Å². The van der Waals surface area contributed by atoms with E-state index >= 15 is 0 Å². The fourth-order valence-corrected chi connectivity index (χ4v) is 3.55. The lowest BCUT2D eigenvalue weighted by Crippen LogP contribution is -2.28. The van der Waals surface area contributed by atoms with Crippen molar-refractivity contribution in [3.63, 3.8) is 0 Å². The number of rotatable bonds is 7. The number of fused-ring (bicyclic) bond motifs is 2. The van der Waals surface area contributed by atoms with Gasteiger partial charge in [-0.15, -0.1) is 0 Å². The minimum absolute atomic E-state index is 0.0227. The number of likely N-dealkylation sites (N-methyl/N-ethyl adjacent to an activating group) is 1. The maximum Gasteiger partial charge on any atom is 0.201 e. The zero-order valence-electron chi connectivity index (χ0n) is 15.9. The van der Waals surface area contributed by atoms with E-state index in [-0.39, 0.29) is 5.43 Å². The van der Waals surface area contributed by atoms with Crippen LogP contribution < -0.4 is 14.9 Å². The number of methoxy groups -OCH3 is 2. The monoisotopic (exact) mass is 354 g/mol. The normalized spacial score (nSPS) is 11.4. The molecule has 0 saturated carbocycles. The molecule has 0 radical (unpaired) electrons. The van der Waals surface area contributed by atoms with Crippen LogP contribution in [0.1, 0.15) is 13.8 Å². The minimum Gasteiger partial charge on any atom is -0.496 e. The first kappa shape index (κ1) is 18.3. The topological polar surface area (TPSA) is 43.7 Å². The van der Waals surface area contributed by atoms with Gasteiger partial charge in [-0.3, -0.25) is 4.79 Å². The summed E-state index contributed by atoms with van der Waals surface area (Å²) in [5.74, 6) is 1.26. The second-order valence-corrected chi connectivity index (χ2v) is 6.22. The first-order valence-electron chi connectivity index (χ1n) is 9.04. The summed E-state index contributed by atoms with van der Waals surface area (Å²) in [7, 11) is 3.23. The van der Waals surface area contributed by atoms with Crippen molar-refractivity contribution in [1.82, 2.24) is 9.47 Å². The number of nitrogens with zero attached hydrogens (tertiary/aromatic N) is 2. The first-order chi connectivity index (χ1) is 12.7. The van der Waals surface area contributed by atoms with E-state index in [1.807, 2.05) is 30.3 Å². The van der Waals surface area contributed by atoms with Gasteiger partial charge in [-0.25, -0.2) is 0 Å². The molecule has 0 atom stereocenters. The Kier molecular flexibility index (Phi) is 5.47. The Balaban J connectivity index is 2.37. The fourth-order valence-electron chi connectivity index (χ4n) is 3.55. The van der Waals surface area contributed by atoms with Gasteiger partial charge in [0.05, 0.1) is 30.6 Å². The van der Waals surface area contributed by atoms with Crippen molar-refractivity contribution < 1.29 is 9.47 Å². The standard InChI is InChI=1S/C21H26N2O3/c1-5-22(6-2)13-14-23-16-10-8-7-9-15(16)21(24)19-17(25-3)11-12-18(26-4)20(19)23/h7-12H,5-6,13-14H2,1-4H3. The van der Waals surface area contributed by atoms with Crippen LogP contribution in [-0.4, -0.2) is 43.3 Å². The van der Waals surface area contributed by atoms with E-state index in [0.29, 0.717) is 22.3 Å². The van der Waals surface area contributed by atoms with Crippen molar-refractivity contribution in [2.75, 3.05) is 33.9 Å². The van der Waals surface area contributed by atoms with Crippen LogP contribution in [-0.2, 0) is 6.54 Å². The van der Waals surface area contributed by atoms with Crippen LogP contribution in [0, 0.1) is 0 Å². The molecule has 5 heteroatoms. The van der Waals surface area contributed by atoms with Crippen LogP contribution in [0.5, 0.6) is 11.5 Å². The van der Waals surface area contributed by atoms with Crippen molar-refractivity contribution in [2.24, 2.45) is 0 Å². The molecule has 3 rings (SSSR count). The highest BCUT2D eigenvalue weighted by Gasteiger charge is 2.18. The highest BCUT2D eigenvalue weighted by atomic mass is 16.5. The Hall–Kier alpha value is -2.53. The number of hydrogen-bond acceptors (Lipinski definition) is 4. The first-order valence-corrected chi connectivity index (χ1v) is 9.04. The quantitative estimate of drug-likeness (QED) is 0.609. The molecule has 0 bridgehead atoms. The number of hydrogen-bond donors (Lipinski definition) is 0. The third-order valence-corrected chi connectivity index (χ3v) is 5.01. The van der Waals surface area contributed by atoms with E-state index in [0.717, 1.165) is 37.2 Å². The van der Waals surface area contributed by atoms with Crippen molar-refractivity contribution in [3.8, 4) is 11.5 Å². The smallest absolute Gasteiger partial charge is 0.201 e. The Labute approximate surface area is 153 Å². The van der Waals surface area contributed by atoms with Crippen LogP contribution in [0.3, 0.4) is 0 Å². The summed E-state index contributed by atoms with van der Waals surface area (Å²) in [6.07, 6.45) is 0. The van der Waals surface area contributed by atoms with Crippen LogP contribution in [0.15, 0.2) is 41.2 Å². The lowest BCUT2D eigenvalue weighted by atomic mass is 10.1. The van der Waals surface area contributed by atoms with Gasteiger partial charge in [0.15, 0.2) is 0 Å². The molecular formula is C21H26N2O3. The molecule has 0 saturated heterocycles. The number of ether oxygens (including phenoxy) is 2. The van der Waals surface area contributed by atoms with Crippen LogP contribution in [0.2, 0.25) is 0 Å². The van der Waals surface area contributed by atoms with Gasteiger partial charge in [-0.05, 0) is 37.4 Å². The Morgan fingerprint density at radius 2 is 1.62 bits per heavy atom. The summed E-state index contributed by atoms with van der Waals surface area (Å²) >= 11 is 0. The van der Waals surface area contributed by atoms with Gasteiger partial charge >= 0.3 is 0 Å². The number of para-hydroxylation sites is 1. The molecule has 0 fully saturated rings. The van der Waals surface area contributed by atoms with Crippen molar-refractivity contribution in [1.29, 1.82) is 0 Å².